The third-order valence-corrected chi connectivity index (χ3v) is 5.84. The number of hydrogen-bond donors (Lipinski definition) is 0. The second kappa shape index (κ2) is 10.2. The lowest BCUT2D eigenvalue weighted by Gasteiger charge is -2.13. The van der Waals surface area contributed by atoms with Crippen LogP contribution in [-0.4, -0.2) is 20.8 Å². The fourth-order valence-electron chi connectivity index (χ4n) is 3.62. The van der Waals surface area contributed by atoms with Crippen LogP contribution in [0.1, 0.15) is 42.3 Å². The van der Waals surface area contributed by atoms with E-state index in [1.54, 1.807) is 12.1 Å². The normalized spacial score (nSPS) is 11.5. The van der Waals surface area contributed by atoms with Crippen molar-refractivity contribution in [2.24, 2.45) is 5.10 Å². The molecule has 0 aliphatic carbocycles. The Balaban J connectivity index is 1.77. The number of aryl methyl sites for hydroxylation is 1. The molecule has 8 nitrogen and oxygen atoms in total. The summed E-state index contributed by atoms with van der Waals surface area (Å²) in [6.07, 6.45) is 1.40. The van der Waals surface area contributed by atoms with E-state index in [4.69, 9.17) is 4.74 Å². The molecular weight excluding hydrogens is 512 g/mol. The smallest absolute Gasteiger partial charge is 0.282 e. The largest absolute Gasteiger partial charge is 0.488 e. The maximum absolute atomic E-state index is 13.3. The summed E-state index contributed by atoms with van der Waals surface area (Å²) >= 11 is 3.39. The number of nitro benzene ring substituents is 1. The summed E-state index contributed by atoms with van der Waals surface area (Å²) < 4.78 is 7.96. The van der Waals surface area contributed by atoms with E-state index in [2.05, 4.69) is 26.0 Å². The highest BCUT2D eigenvalue weighted by Gasteiger charge is 2.15. The van der Waals surface area contributed by atoms with Gasteiger partial charge in [-0.2, -0.15) is 9.78 Å². The zero-order valence-electron chi connectivity index (χ0n) is 19.4. The number of ether oxygens (including phenoxy) is 1. The molecule has 0 saturated carbocycles. The maximum atomic E-state index is 13.3. The quantitative estimate of drug-likeness (QED) is 0.165. The van der Waals surface area contributed by atoms with E-state index < -0.39 is 4.92 Å². The molecule has 0 unspecified atom stereocenters. The summed E-state index contributed by atoms with van der Waals surface area (Å²) in [6, 6.07) is 17.5. The van der Waals surface area contributed by atoms with Crippen molar-refractivity contribution in [3.63, 3.8) is 0 Å². The van der Waals surface area contributed by atoms with Crippen molar-refractivity contribution in [2.75, 3.05) is 0 Å². The molecular formula is C26H23BrN4O4. The number of rotatable bonds is 7. The molecule has 0 amide bonds. The van der Waals surface area contributed by atoms with E-state index in [1.807, 2.05) is 51.1 Å². The average Bonchev–Trinajstić information content (AvgIpc) is 2.82. The summed E-state index contributed by atoms with van der Waals surface area (Å²) in [5, 5.41) is 16.2. The fraction of sp³-hybridized carbons (Fsp3) is 0.192. The number of fused-ring (bicyclic) bond motifs is 1. The van der Waals surface area contributed by atoms with E-state index in [0.29, 0.717) is 28.0 Å². The Labute approximate surface area is 210 Å². The van der Waals surface area contributed by atoms with Crippen LogP contribution in [-0.2, 0) is 6.61 Å². The Morgan fingerprint density at radius 2 is 1.97 bits per heavy atom. The first-order chi connectivity index (χ1) is 16.7. The molecule has 4 rings (SSSR count). The van der Waals surface area contributed by atoms with Gasteiger partial charge < -0.3 is 4.74 Å². The Morgan fingerprint density at radius 1 is 1.17 bits per heavy atom. The Morgan fingerprint density at radius 3 is 2.69 bits per heavy atom. The van der Waals surface area contributed by atoms with Gasteiger partial charge in [-0.3, -0.25) is 14.9 Å². The molecule has 0 bridgehead atoms. The van der Waals surface area contributed by atoms with E-state index in [1.165, 1.54) is 29.1 Å². The average molecular weight is 535 g/mol. The minimum absolute atomic E-state index is 0.0879. The zero-order chi connectivity index (χ0) is 25.1. The van der Waals surface area contributed by atoms with Crippen LogP contribution in [0, 0.1) is 17.0 Å². The fourth-order valence-corrected chi connectivity index (χ4v) is 3.98. The molecule has 3 aromatic carbocycles. The van der Waals surface area contributed by atoms with Gasteiger partial charge in [-0.25, -0.2) is 4.98 Å². The Hall–Kier alpha value is -3.85. The minimum Gasteiger partial charge on any atom is -0.488 e. The molecule has 0 radical (unpaired) electrons. The first-order valence-corrected chi connectivity index (χ1v) is 11.8. The number of benzene rings is 3. The van der Waals surface area contributed by atoms with E-state index in [-0.39, 0.29) is 23.8 Å². The van der Waals surface area contributed by atoms with Gasteiger partial charge in [0.05, 0.1) is 22.0 Å². The van der Waals surface area contributed by atoms with Crippen LogP contribution in [0.2, 0.25) is 0 Å². The molecule has 0 aliphatic heterocycles. The van der Waals surface area contributed by atoms with Crippen LogP contribution >= 0.6 is 15.9 Å². The molecule has 9 heteroatoms. The third kappa shape index (κ3) is 5.46. The van der Waals surface area contributed by atoms with Crippen molar-refractivity contribution in [2.45, 2.75) is 33.3 Å². The zero-order valence-corrected chi connectivity index (χ0v) is 21.0. The second-order valence-electron chi connectivity index (χ2n) is 8.40. The van der Waals surface area contributed by atoms with Crippen LogP contribution in [0.25, 0.3) is 10.9 Å². The molecule has 0 N–H and O–H groups in total. The van der Waals surface area contributed by atoms with Crippen molar-refractivity contribution >= 4 is 38.7 Å². The molecule has 35 heavy (non-hydrogen) atoms. The van der Waals surface area contributed by atoms with Gasteiger partial charge in [0, 0.05) is 28.1 Å². The van der Waals surface area contributed by atoms with Crippen molar-refractivity contribution in [1.29, 1.82) is 0 Å². The highest BCUT2D eigenvalue weighted by atomic mass is 79.9. The summed E-state index contributed by atoms with van der Waals surface area (Å²) in [7, 11) is 0. The lowest BCUT2D eigenvalue weighted by Crippen LogP contribution is -2.23. The van der Waals surface area contributed by atoms with Crippen molar-refractivity contribution < 1.29 is 9.66 Å². The molecule has 1 aromatic heterocycles. The number of nitrogens with zero attached hydrogens (tertiary/aromatic N) is 4. The van der Waals surface area contributed by atoms with Gasteiger partial charge in [0.2, 0.25) is 0 Å². The SMILES string of the molecule is Cc1cccc(COc2ccc([N+](=O)[O-])cc2C=Nn2c(C(C)C)nc3ccc(Br)cc3c2=O)c1. The standard InChI is InChI=1S/C26H23BrN4O4/c1-16(2)25-29-23-9-7-20(27)13-22(23)26(32)30(25)28-14-19-12-21(31(33)34)8-10-24(19)35-15-18-6-4-5-17(3)11-18/h4-14,16H,15H2,1-3H3. The molecule has 0 atom stereocenters. The summed E-state index contributed by atoms with van der Waals surface area (Å²) in [5.74, 6) is 0.806. The van der Waals surface area contributed by atoms with Gasteiger partial charge in [0.1, 0.15) is 18.2 Å². The van der Waals surface area contributed by atoms with E-state index in [9.17, 15) is 14.9 Å². The van der Waals surface area contributed by atoms with Crippen LogP contribution in [0.4, 0.5) is 5.69 Å². The summed E-state index contributed by atoms with van der Waals surface area (Å²) in [5.41, 5.74) is 2.59. The van der Waals surface area contributed by atoms with E-state index in [0.717, 1.165) is 15.6 Å². The number of nitro groups is 1. The van der Waals surface area contributed by atoms with Crippen molar-refractivity contribution in [1.82, 2.24) is 9.66 Å². The number of halogens is 1. The van der Waals surface area contributed by atoms with Gasteiger partial charge in [0.15, 0.2) is 0 Å². The lowest BCUT2D eigenvalue weighted by molar-refractivity contribution is -0.384. The molecule has 4 aromatic rings. The topological polar surface area (TPSA) is 99.6 Å². The van der Waals surface area contributed by atoms with Crippen LogP contribution in [0.15, 0.2) is 75.0 Å². The van der Waals surface area contributed by atoms with Gasteiger partial charge >= 0.3 is 0 Å². The Kier molecular flexibility index (Phi) is 7.07. The van der Waals surface area contributed by atoms with Gasteiger partial charge in [-0.05, 0) is 36.8 Å². The van der Waals surface area contributed by atoms with Crippen molar-refractivity contribution in [3.8, 4) is 5.75 Å². The molecule has 0 fully saturated rings. The summed E-state index contributed by atoms with van der Waals surface area (Å²) in [6.45, 7) is 6.11. The monoisotopic (exact) mass is 534 g/mol. The lowest BCUT2D eigenvalue weighted by atomic mass is 10.1. The van der Waals surface area contributed by atoms with Gasteiger partial charge in [0.25, 0.3) is 11.2 Å². The first kappa shape index (κ1) is 24.3. The number of hydrogen-bond acceptors (Lipinski definition) is 6. The molecule has 178 valence electrons. The highest BCUT2D eigenvalue weighted by molar-refractivity contribution is 9.10. The Bertz CT molecular complexity index is 1510. The van der Waals surface area contributed by atoms with E-state index >= 15 is 0 Å². The summed E-state index contributed by atoms with van der Waals surface area (Å²) in [4.78, 5) is 28.8. The van der Waals surface area contributed by atoms with Gasteiger partial charge in [-0.1, -0.05) is 59.6 Å². The van der Waals surface area contributed by atoms with Crippen LogP contribution in [0.3, 0.4) is 0 Å². The van der Waals surface area contributed by atoms with Crippen molar-refractivity contribution in [3.05, 3.63) is 108 Å². The van der Waals surface area contributed by atoms with Crippen LogP contribution < -0.4 is 10.3 Å². The third-order valence-electron chi connectivity index (χ3n) is 5.34. The minimum atomic E-state index is -0.484. The molecule has 0 aliphatic rings. The molecule has 0 saturated heterocycles. The number of aromatic nitrogens is 2. The number of non-ortho nitro benzene ring substituents is 1. The highest BCUT2D eigenvalue weighted by Crippen LogP contribution is 2.25. The molecule has 1 heterocycles. The maximum Gasteiger partial charge on any atom is 0.282 e. The molecule has 0 spiro atoms. The predicted molar refractivity (Wildman–Crippen MR) is 139 cm³/mol. The van der Waals surface area contributed by atoms with Gasteiger partial charge in [-0.15, -0.1) is 0 Å². The second-order valence-corrected chi connectivity index (χ2v) is 9.32. The first-order valence-electron chi connectivity index (χ1n) is 11.0. The van der Waals surface area contributed by atoms with Crippen LogP contribution in [0.5, 0.6) is 5.75 Å². The predicted octanol–water partition coefficient (Wildman–Crippen LogP) is 5.96.